The lowest BCUT2D eigenvalue weighted by Gasteiger charge is -2.22. The highest BCUT2D eigenvalue weighted by molar-refractivity contribution is 6.07. The summed E-state index contributed by atoms with van der Waals surface area (Å²) in [5.41, 5.74) is 0.766. The Bertz CT molecular complexity index is 600. The smallest absolute Gasteiger partial charge is 0.310 e. The van der Waals surface area contributed by atoms with Crippen LogP contribution in [0.25, 0.3) is 0 Å². The molecule has 110 valence electrons. The zero-order valence-electron chi connectivity index (χ0n) is 12.3. The SMILES string of the molecule is C[C@]12CCCN1C(=O)N(C[C@@H]1C[C@H]1c1ccccc1)C2=O. The molecule has 0 unspecified atom stereocenters. The standard InChI is InChI=1S/C17H20N2O2/c1-17-8-5-9-19(17)16(21)18(15(17)20)11-13-10-14(13)12-6-3-2-4-7-12/h2-4,6-7,13-14H,5,8-11H2,1H3/t13-,14-,17+/m0/s1. The summed E-state index contributed by atoms with van der Waals surface area (Å²) in [6, 6.07) is 10.3. The third kappa shape index (κ3) is 1.81. The van der Waals surface area contributed by atoms with Crippen molar-refractivity contribution in [1.29, 1.82) is 0 Å². The number of urea groups is 1. The molecular formula is C17H20N2O2. The lowest BCUT2D eigenvalue weighted by molar-refractivity contribution is -0.132. The largest absolute Gasteiger partial charge is 0.327 e. The van der Waals surface area contributed by atoms with Gasteiger partial charge in [-0.05, 0) is 43.6 Å². The van der Waals surface area contributed by atoms with Crippen LogP contribution in [-0.2, 0) is 4.79 Å². The number of imide groups is 1. The number of fused-ring (bicyclic) bond motifs is 1. The average Bonchev–Trinajstić information content (AvgIpc) is 3.13. The summed E-state index contributed by atoms with van der Waals surface area (Å²) in [4.78, 5) is 28.3. The van der Waals surface area contributed by atoms with Crippen molar-refractivity contribution < 1.29 is 9.59 Å². The Labute approximate surface area is 124 Å². The molecule has 21 heavy (non-hydrogen) atoms. The van der Waals surface area contributed by atoms with E-state index in [9.17, 15) is 9.59 Å². The maximum atomic E-state index is 12.6. The Morgan fingerprint density at radius 1 is 1.24 bits per heavy atom. The zero-order valence-corrected chi connectivity index (χ0v) is 12.3. The molecule has 1 saturated carbocycles. The molecule has 1 aromatic carbocycles. The van der Waals surface area contributed by atoms with Gasteiger partial charge in [-0.2, -0.15) is 0 Å². The number of hydrogen-bond acceptors (Lipinski definition) is 2. The van der Waals surface area contributed by atoms with E-state index in [0.717, 1.165) is 25.8 Å². The summed E-state index contributed by atoms with van der Waals surface area (Å²) in [5.74, 6) is 0.961. The van der Waals surface area contributed by atoms with Crippen LogP contribution in [0.5, 0.6) is 0 Å². The highest BCUT2D eigenvalue weighted by Gasteiger charge is 2.57. The monoisotopic (exact) mass is 284 g/mol. The summed E-state index contributed by atoms with van der Waals surface area (Å²) in [7, 11) is 0. The molecule has 0 aromatic heterocycles. The molecule has 2 saturated heterocycles. The fraction of sp³-hybridized carbons (Fsp3) is 0.529. The van der Waals surface area contributed by atoms with Crippen LogP contribution in [0.15, 0.2) is 30.3 Å². The number of carbonyl (C=O) groups excluding carboxylic acids is 2. The van der Waals surface area contributed by atoms with Crippen molar-refractivity contribution in [3.05, 3.63) is 35.9 Å². The van der Waals surface area contributed by atoms with Crippen molar-refractivity contribution in [2.75, 3.05) is 13.1 Å². The lowest BCUT2D eigenvalue weighted by Crippen LogP contribution is -2.41. The minimum Gasteiger partial charge on any atom is -0.310 e. The van der Waals surface area contributed by atoms with E-state index < -0.39 is 5.54 Å². The second kappa shape index (κ2) is 4.33. The van der Waals surface area contributed by atoms with E-state index in [1.807, 2.05) is 25.1 Å². The van der Waals surface area contributed by atoms with Crippen LogP contribution in [0.3, 0.4) is 0 Å². The molecule has 2 heterocycles. The van der Waals surface area contributed by atoms with Gasteiger partial charge in [-0.25, -0.2) is 4.79 Å². The molecular weight excluding hydrogens is 264 g/mol. The van der Waals surface area contributed by atoms with Gasteiger partial charge in [0.05, 0.1) is 0 Å². The van der Waals surface area contributed by atoms with Crippen molar-refractivity contribution in [3.8, 4) is 0 Å². The molecule has 4 heteroatoms. The summed E-state index contributed by atoms with van der Waals surface area (Å²) in [6.07, 6.45) is 2.83. The number of hydrogen-bond donors (Lipinski definition) is 0. The summed E-state index contributed by atoms with van der Waals surface area (Å²) in [5, 5.41) is 0. The van der Waals surface area contributed by atoms with Gasteiger partial charge in [0, 0.05) is 13.1 Å². The molecule has 3 amide bonds. The van der Waals surface area contributed by atoms with Gasteiger partial charge in [0.25, 0.3) is 5.91 Å². The Morgan fingerprint density at radius 3 is 2.71 bits per heavy atom. The van der Waals surface area contributed by atoms with Gasteiger partial charge in [0.15, 0.2) is 0 Å². The van der Waals surface area contributed by atoms with Crippen LogP contribution in [0, 0.1) is 5.92 Å². The maximum absolute atomic E-state index is 12.6. The Hall–Kier alpha value is -1.84. The highest BCUT2D eigenvalue weighted by atomic mass is 16.2. The Balaban J connectivity index is 1.47. The first-order valence-corrected chi connectivity index (χ1v) is 7.80. The topological polar surface area (TPSA) is 40.6 Å². The van der Waals surface area contributed by atoms with Crippen LogP contribution in [0.1, 0.15) is 37.7 Å². The van der Waals surface area contributed by atoms with Gasteiger partial charge in [-0.1, -0.05) is 30.3 Å². The predicted molar refractivity (Wildman–Crippen MR) is 78.7 cm³/mol. The second-order valence-electron chi connectivity index (χ2n) is 6.74. The molecule has 0 bridgehead atoms. The van der Waals surface area contributed by atoms with Gasteiger partial charge < -0.3 is 4.90 Å². The van der Waals surface area contributed by atoms with Crippen molar-refractivity contribution in [2.45, 2.75) is 37.6 Å². The third-order valence-corrected chi connectivity index (χ3v) is 5.38. The first kappa shape index (κ1) is 12.9. The fourth-order valence-corrected chi connectivity index (χ4v) is 3.97. The minimum absolute atomic E-state index is 0.0173. The predicted octanol–water partition coefficient (Wildman–Crippen LogP) is 2.61. The van der Waals surface area contributed by atoms with Crippen molar-refractivity contribution in [3.63, 3.8) is 0 Å². The summed E-state index contributed by atoms with van der Waals surface area (Å²) in [6.45, 7) is 3.23. The second-order valence-corrected chi connectivity index (χ2v) is 6.74. The molecule has 4 nitrogen and oxygen atoms in total. The quantitative estimate of drug-likeness (QED) is 0.801. The van der Waals surface area contributed by atoms with E-state index in [0.29, 0.717) is 18.4 Å². The Kier molecular flexibility index (Phi) is 2.65. The first-order valence-electron chi connectivity index (χ1n) is 7.80. The molecule has 4 rings (SSSR count). The molecule has 3 aliphatic rings. The fourth-order valence-electron chi connectivity index (χ4n) is 3.97. The van der Waals surface area contributed by atoms with Gasteiger partial charge in [0.2, 0.25) is 0 Å². The molecule has 3 atom stereocenters. The number of benzene rings is 1. The normalized spacial score (nSPS) is 34.5. The van der Waals surface area contributed by atoms with Crippen LogP contribution in [-0.4, -0.2) is 40.4 Å². The maximum Gasteiger partial charge on any atom is 0.327 e. The number of nitrogens with zero attached hydrogens (tertiary/aromatic N) is 2. The van der Waals surface area contributed by atoms with Gasteiger partial charge in [-0.3, -0.25) is 9.69 Å². The van der Waals surface area contributed by atoms with E-state index in [2.05, 4.69) is 12.1 Å². The van der Waals surface area contributed by atoms with Crippen LogP contribution in [0.4, 0.5) is 4.79 Å². The molecule has 1 aromatic rings. The summed E-state index contributed by atoms with van der Waals surface area (Å²) >= 11 is 0. The molecule has 2 aliphatic heterocycles. The van der Waals surface area contributed by atoms with E-state index in [1.54, 1.807) is 4.90 Å². The number of rotatable bonds is 3. The lowest BCUT2D eigenvalue weighted by atomic mass is 9.99. The van der Waals surface area contributed by atoms with Crippen molar-refractivity contribution in [2.24, 2.45) is 5.92 Å². The van der Waals surface area contributed by atoms with E-state index in [4.69, 9.17) is 0 Å². The van der Waals surface area contributed by atoms with Crippen molar-refractivity contribution in [1.82, 2.24) is 9.80 Å². The van der Waals surface area contributed by atoms with E-state index in [-0.39, 0.29) is 11.9 Å². The molecule has 3 fully saturated rings. The number of amides is 3. The third-order valence-electron chi connectivity index (χ3n) is 5.38. The zero-order chi connectivity index (χ0) is 14.6. The minimum atomic E-state index is -0.561. The van der Waals surface area contributed by atoms with Crippen LogP contribution < -0.4 is 0 Å². The van der Waals surface area contributed by atoms with Crippen LogP contribution in [0.2, 0.25) is 0 Å². The van der Waals surface area contributed by atoms with E-state index in [1.165, 1.54) is 10.5 Å². The van der Waals surface area contributed by atoms with Crippen molar-refractivity contribution >= 4 is 11.9 Å². The average molecular weight is 284 g/mol. The molecule has 1 aliphatic carbocycles. The van der Waals surface area contributed by atoms with Gasteiger partial charge in [0.1, 0.15) is 5.54 Å². The highest BCUT2D eigenvalue weighted by Crippen LogP contribution is 2.49. The molecule has 0 spiro atoms. The molecule has 0 radical (unpaired) electrons. The molecule has 0 N–H and O–H groups in total. The summed E-state index contributed by atoms with van der Waals surface area (Å²) < 4.78 is 0. The first-order chi connectivity index (χ1) is 10.1. The van der Waals surface area contributed by atoms with E-state index >= 15 is 0 Å². The van der Waals surface area contributed by atoms with Gasteiger partial charge in [-0.15, -0.1) is 0 Å². The Morgan fingerprint density at radius 2 is 2.00 bits per heavy atom. The van der Waals surface area contributed by atoms with Crippen LogP contribution >= 0.6 is 0 Å². The van der Waals surface area contributed by atoms with Gasteiger partial charge >= 0.3 is 6.03 Å². The number of carbonyl (C=O) groups is 2.